The second kappa shape index (κ2) is 6.01. The lowest BCUT2D eigenvalue weighted by atomic mass is 10.1. The SMILES string of the molecule is Cc1cccc(NC(=O)Nc2ccc(F)cc2F)c1C#N. The zero-order valence-electron chi connectivity index (χ0n) is 11.1. The lowest BCUT2D eigenvalue weighted by Crippen LogP contribution is -2.21. The van der Waals surface area contributed by atoms with Crippen molar-refractivity contribution < 1.29 is 13.6 Å². The van der Waals surface area contributed by atoms with Crippen LogP contribution in [0.15, 0.2) is 36.4 Å². The van der Waals surface area contributed by atoms with Gasteiger partial charge in [0.05, 0.1) is 16.9 Å². The molecule has 21 heavy (non-hydrogen) atoms. The Morgan fingerprint density at radius 1 is 1.14 bits per heavy atom. The van der Waals surface area contributed by atoms with Crippen molar-refractivity contribution in [1.82, 2.24) is 0 Å². The molecule has 0 heterocycles. The van der Waals surface area contributed by atoms with Crippen molar-refractivity contribution in [3.63, 3.8) is 0 Å². The second-order valence-electron chi connectivity index (χ2n) is 4.31. The number of benzene rings is 2. The minimum absolute atomic E-state index is 0.153. The van der Waals surface area contributed by atoms with Crippen molar-refractivity contribution in [3.8, 4) is 6.07 Å². The first-order valence-corrected chi connectivity index (χ1v) is 6.04. The number of nitrogens with zero attached hydrogens (tertiary/aromatic N) is 1. The highest BCUT2D eigenvalue weighted by molar-refractivity contribution is 6.00. The molecule has 0 saturated carbocycles. The summed E-state index contributed by atoms with van der Waals surface area (Å²) in [5, 5.41) is 13.8. The average molecular weight is 287 g/mol. The van der Waals surface area contributed by atoms with Crippen LogP contribution in [0, 0.1) is 29.9 Å². The van der Waals surface area contributed by atoms with Crippen molar-refractivity contribution in [2.45, 2.75) is 6.92 Å². The van der Waals surface area contributed by atoms with E-state index in [1.54, 1.807) is 25.1 Å². The van der Waals surface area contributed by atoms with Gasteiger partial charge in [-0.2, -0.15) is 5.26 Å². The number of carbonyl (C=O) groups excluding carboxylic acids is 1. The Kier molecular flexibility index (Phi) is 4.14. The lowest BCUT2D eigenvalue weighted by molar-refractivity contribution is 0.262. The van der Waals surface area contributed by atoms with Crippen LogP contribution in [0.1, 0.15) is 11.1 Å². The van der Waals surface area contributed by atoms with Crippen molar-refractivity contribution in [2.24, 2.45) is 0 Å². The van der Waals surface area contributed by atoms with E-state index in [9.17, 15) is 13.6 Å². The zero-order chi connectivity index (χ0) is 15.4. The Morgan fingerprint density at radius 2 is 1.86 bits per heavy atom. The number of halogens is 2. The Bertz CT molecular complexity index is 738. The van der Waals surface area contributed by atoms with Gasteiger partial charge in [0.2, 0.25) is 0 Å². The summed E-state index contributed by atoms with van der Waals surface area (Å²) in [7, 11) is 0. The van der Waals surface area contributed by atoms with E-state index in [-0.39, 0.29) is 5.69 Å². The standard InChI is InChI=1S/C15H11F2N3O/c1-9-3-2-4-13(11(9)8-18)19-15(21)20-14-6-5-10(16)7-12(14)17/h2-7H,1H3,(H2,19,20,21). The Labute approximate surface area is 120 Å². The molecule has 106 valence electrons. The van der Waals surface area contributed by atoms with Crippen molar-refractivity contribution in [2.75, 3.05) is 10.6 Å². The first-order valence-electron chi connectivity index (χ1n) is 6.04. The van der Waals surface area contributed by atoms with Crippen molar-refractivity contribution in [3.05, 3.63) is 59.2 Å². The summed E-state index contributed by atoms with van der Waals surface area (Å²) in [6.07, 6.45) is 0. The van der Waals surface area contributed by atoms with Crippen LogP contribution in [0.25, 0.3) is 0 Å². The van der Waals surface area contributed by atoms with Gasteiger partial charge in [-0.25, -0.2) is 13.6 Å². The van der Waals surface area contributed by atoms with Crippen LogP contribution in [0.5, 0.6) is 0 Å². The summed E-state index contributed by atoms with van der Waals surface area (Å²) in [5.41, 5.74) is 1.20. The van der Waals surface area contributed by atoms with Crippen LogP contribution in [0.3, 0.4) is 0 Å². The van der Waals surface area contributed by atoms with E-state index in [1.165, 1.54) is 0 Å². The van der Waals surface area contributed by atoms with Crippen LogP contribution in [0.4, 0.5) is 25.0 Å². The summed E-state index contributed by atoms with van der Waals surface area (Å²) >= 11 is 0. The van der Waals surface area contributed by atoms with Gasteiger partial charge < -0.3 is 10.6 Å². The molecule has 0 aliphatic rings. The molecule has 2 rings (SSSR count). The molecule has 0 aliphatic carbocycles. The summed E-state index contributed by atoms with van der Waals surface area (Å²) in [4.78, 5) is 11.8. The maximum absolute atomic E-state index is 13.4. The number of hydrogen-bond donors (Lipinski definition) is 2. The van der Waals surface area contributed by atoms with Gasteiger partial charge in [0, 0.05) is 6.07 Å². The van der Waals surface area contributed by atoms with E-state index in [4.69, 9.17) is 5.26 Å². The number of carbonyl (C=O) groups is 1. The quantitative estimate of drug-likeness (QED) is 0.882. The molecule has 2 amide bonds. The molecular weight excluding hydrogens is 276 g/mol. The number of nitriles is 1. The van der Waals surface area contributed by atoms with Crippen molar-refractivity contribution in [1.29, 1.82) is 5.26 Å². The molecule has 0 bridgehead atoms. The van der Waals surface area contributed by atoms with Crippen LogP contribution in [0.2, 0.25) is 0 Å². The Morgan fingerprint density at radius 3 is 2.52 bits per heavy atom. The molecule has 0 spiro atoms. The van der Waals surface area contributed by atoms with Crippen LogP contribution in [-0.2, 0) is 0 Å². The minimum atomic E-state index is -0.880. The second-order valence-corrected chi connectivity index (χ2v) is 4.31. The predicted octanol–water partition coefficient (Wildman–Crippen LogP) is 3.79. The van der Waals surface area contributed by atoms with Gasteiger partial charge in [-0.1, -0.05) is 12.1 Å². The molecule has 2 aromatic rings. The monoisotopic (exact) mass is 287 g/mol. The molecule has 0 aromatic heterocycles. The van der Waals surface area contributed by atoms with Crippen molar-refractivity contribution >= 4 is 17.4 Å². The Balaban J connectivity index is 2.16. The number of anilines is 2. The Hall–Kier alpha value is -2.94. The van der Waals surface area contributed by atoms with E-state index in [0.717, 1.165) is 12.1 Å². The smallest absolute Gasteiger partial charge is 0.306 e. The predicted molar refractivity (Wildman–Crippen MR) is 74.9 cm³/mol. The molecule has 0 aliphatic heterocycles. The van der Waals surface area contributed by atoms with Crippen LogP contribution >= 0.6 is 0 Å². The fraction of sp³-hybridized carbons (Fsp3) is 0.0667. The van der Waals surface area contributed by atoms with Gasteiger partial charge in [0.1, 0.15) is 17.7 Å². The number of nitrogens with one attached hydrogen (secondary N) is 2. The number of urea groups is 1. The largest absolute Gasteiger partial charge is 0.323 e. The highest BCUT2D eigenvalue weighted by Crippen LogP contribution is 2.19. The van der Waals surface area contributed by atoms with Gasteiger partial charge in [-0.3, -0.25) is 0 Å². The van der Waals surface area contributed by atoms with E-state index in [2.05, 4.69) is 10.6 Å². The van der Waals surface area contributed by atoms with E-state index >= 15 is 0 Å². The average Bonchev–Trinajstić information content (AvgIpc) is 2.42. The molecule has 4 nitrogen and oxygen atoms in total. The molecule has 0 radical (unpaired) electrons. The molecule has 0 fully saturated rings. The highest BCUT2D eigenvalue weighted by atomic mass is 19.1. The topological polar surface area (TPSA) is 64.9 Å². The van der Waals surface area contributed by atoms with Gasteiger partial charge >= 0.3 is 6.03 Å². The van der Waals surface area contributed by atoms with Gasteiger partial charge in [0.25, 0.3) is 0 Å². The maximum atomic E-state index is 13.4. The molecule has 6 heteroatoms. The van der Waals surface area contributed by atoms with Gasteiger partial charge in [-0.05, 0) is 30.7 Å². The molecular formula is C15H11F2N3O. The third-order valence-corrected chi connectivity index (χ3v) is 2.81. The van der Waals surface area contributed by atoms with Crippen LogP contribution in [-0.4, -0.2) is 6.03 Å². The third kappa shape index (κ3) is 3.34. The maximum Gasteiger partial charge on any atom is 0.323 e. The highest BCUT2D eigenvalue weighted by Gasteiger charge is 2.11. The van der Waals surface area contributed by atoms with E-state index in [0.29, 0.717) is 22.9 Å². The third-order valence-electron chi connectivity index (χ3n) is 2.81. The zero-order valence-corrected chi connectivity index (χ0v) is 11.1. The normalized spacial score (nSPS) is 9.81. The van der Waals surface area contributed by atoms with Gasteiger partial charge in [-0.15, -0.1) is 0 Å². The number of aryl methyl sites for hydroxylation is 1. The summed E-state index contributed by atoms with van der Waals surface area (Å²) in [6.45, 7) is 1.74. The number of rotatable bonds is 2. The summed E-state index contributed by atoms with van der Waals surface area (Å²) in [5.74, 6) is -1.61. The molecule has 2 N–H and O–H groups in total. The first kappa shape index (κ1) is 14.5. The van der Waals surface area contributed by atoms with Gasteiger partial charge in [0.15, 0.2) is 0 Å². The first-order chi connectivity index (χ1) is 10.0. The molecule has 0 unspecified atom stereocenters. The number of amides is 2. The summed E-state index contributed by atoms with van der Waals surface area (Å²) in [6, 6.07) is 9.07. The van der Waals surface area contributed by atoms with Crippen LogP contribution < -0.4 is 10.6 Å². The number of hydrogen-bond acceptors (Lipinski definition) is 2. The van der Waals surface area contributed by atoms with E-state index < -0.39 is 17.7 Å². The lowest BCUT2D eigenvalue weighted by Gasteiger charge is -2.10. The molecule has 0 atom stereocenters. The molecule has 2 aromatic carbocycles. The summed E-state index contributed by atoms with van der Waals surface area (Å²) < 4.78 is 26.2. The molecule has 0 saturated heterocycles. The fourth-order valence-electron chi connectivity index (χ4n) is 1.79. The van der Waals surface area contributed by atoms with E-state index in [1.807, 2.05) is 6.07 Å². The fourth-order valence-corrected chi connectivity index (χ4v) is 1.79. The minimum Gasteiger partial charge on any atom is -0.306 e.